The summed E-state index contributed by atoms with van der Waals surface area (Å²) in [7, 11) is 2.06. The van der Waals surface area contributed by atoms with Crippen LogP contribution in [0.5, 0.6) is 0 Å². The van der Waals surface area contributed by atoms with Crippen molar-refractivity contribution >= 4 is 0 Å². The van der Waals surface area contributed by atoms with Crippen LogP contribution in [-0.2, 0) is 26.7 Å². The first-order chi connectivity index (χ1) is 12.6. The van der Waals surface area contributed by atoms with Gasteiger partial charge in [0.1, 0.15) is 0 Å². The highest BCUT2D eigenvalue weighted by Gasteiger charge is 2.28. The maximum Gasteiger partial charge on any atom is 0.0597 e. The Balaban J connectivity index is 1.51. The summed E-state index contributed by atoms with van der Waals surface area (Å²) in [6.07, 6.45) is 5.79. The van der Waals surface area contributed by atoms with Gasteiger partial charge in [-0.2, -0.15) is 10.2 Å². The molecule has 0 aromatic carbocycles. The molecule has 0 spiro atoms. The Morgan fingerprint density at radius 1 is 1.15 bits per heavy atom. The molecule has 2 aliphatic rings. The van der Waals surface area contributed by atoms with Crippen LogP contribution in [-0.4, -0.2) is 55.0 Å². The lowest BCUT2D eigenvalue weighted by Crippen LogP contribution is -2.45. The first kappa shape index (κ1) is 17.7. The van der Waals surface area contributed by atoms with Crippen LogP contribution >= 0.6 is 0 Å². The van der Waals surface area contributed by atoms with Gasteiger partial charge < -0.3 is 4.90 Å². The van der Waals surface area contributed by atoms with Gasteiger partial charge in [0.15, 0.2) is 0 Å². The summed E-state index contributed by atoms with van der Waals surface area (Å²) in [5.41, 5.74) is 3.73. The van der Waals surface area contributed by atoms with Gasteiger partial charge in [0, 0.05) is 45.5 Å². The summed E-state index contributed by atoms with van der Waals surface area (Å²) < 4.78 is 4.23. The Hall–Kier alpha value is -1.66. The monoisotopic (exact) mass is 356 g/mol. The van der Waals surface area contributed by atoms with Crippen molar-refractivity contribution in [1.82, 2.24) is 29.4 Å². The van der Waals surface area contributed by atoms with Crippen LogP contribution in [0.4, 0.5) is 0 Å². The second-order valence-corrected chi connectivity index (χ2v) is 8.28. The van der Waals surface area contributed by atoms with E-state index >= 15 is 0 Å². The van der Waals surface area contributed by atoms with E-state index in [1.165, 1.54) is 43.9 Å². The molecule has 2 aromatic heterocycles. The highest BCUT2D eigenvalue weighted by atomic mass is 15.3. The number of likely N-dealkylation sites (tertiary alicyclic amines) is 1. The number of aryl methyl sites for hydroxylation is 3. The van der Waals surface area contributed by atoms with Gasteiger partial charge in [-0.15, -0.1) is 0 Å². The smallest absolute Gasteiger partial charge is 0.0597 e. The van der Waals surface area contributed by atoms with E-state index in [-0.39, 0.29) is 0 Å². The average molecular weight is 357 g/mol. The van der Waals surface area contributed by atoms with E-state index in [0.717, 1.165) is 37.7 Å². The minimum absolute atomic E-state index is 0.570. The highest BCUT2D eigenvalue weighted by Crippen LogP contribution is 2.23. The third kappa shape index (κ3) is 3.86. The van der Waals surface area contributed by atoms with E-state index in [0.29, 0.717) is 6.04 Å². The Kier molecular flexibility index (Phi) is 5.14. The van der Waals surface area contributed by atoms with E-state index in [4.69, 9.17) is 0 Å². The summed E-state index contributed by atoms with van der Waals surface area (Å²) in [6, 6.07) is 4.97. The molecule has 142 valence electrons. The number of nitrogens with zero attached hydrogens (tertiary/aromatic N) is 6. The normalized spacial score (nSPS) is 23.1. The minimum atomic E-state index is 0.570. The average Bonchev–Trinajstić information content (AvgIpc) is 3.14. The van der Waals surface area contributed by atoms with Gasteiger partial charge in [-0.3, -0.25) is 14.3 Å². The summed E-state index contributed by atoms with van der Waals surface area (Å²) in [4.78, 5) is 5.33. The van der Waals surface area contributed by atoms with E-state index in [1.807, 2.05) is 10.9 Å². The van der Waals surface area contributed by atoms with Crippen molar-refractivity contribution in [2.24, 2.45) is 13.0 Å². The van der Waals surface area contributed by atoms with Gasteiger partial charge >= 0.3 is 0 Å². The molecule has 0 saturated carbocycles. The summed E-state index contributed by atoms with van der Waals surface area (Å²) in [5, 5.41) is 9.08. The second-order valence-electron chi connectivity index (χ2n) is 8.28. The van der Waals surface area contributed by atoms with E-state index < -0.39 is 0 Å². The maximum atomic E-state index is 4.55. The molecule has 0 unspecified atom stereocenters. The van der Waals surface area contributed by atoms with Crippen LogP contribution in [0.2, 0.25) is 0 Å². The molecule has 2 aromatic rings. The van der Waals surface area contributed by atoms with Gasteiger partial charge in [-0.25, -0.2) is 0 Å². The molecule has 0 radical (unpaired) electrons. The predicted molar refractivity (Wildman–Crippen MR) is 103 cm³/mol. The number of piperidine rings is 1. The molecule has 6 nitrogen and oxygen atoms in total. The van der Waals surface area contributed by atoms with Gasteiger partial charge in [0.05, 0.1) is 17.1 Å². The van der Waals surface area contributed by atoms with Crippen molar-refractivity contribution in [3.05, 3.63) is 35.4 Å². The van der Waals surface area contributed by atoms with Crippen LogP contribution in [0.25, 0.3) is 0 Å². The van der Waals surface area contributed by atoms with Crippen molar-refractivity contribution in [2.45, 2.75) is 58.8 Å². The second kappa shape index (κ2) is 7.53. The summed E-state index contributed by atoms with van der Waals surface area (Å²) >= 11 is 0. The van der Waals surface area contributed by atoms with Gasteiger partial charge in [-0.1, -0.05) is 6.92 Å². The van der Waals surface area contributed by atoms with Crippen LogP contribution in [0.1, 0.15) is 43.3 Å². The summed E-state index contributed by atoms with van der Waals surface area (Å²) in [6.45, 7) is 11.1. The molecule has 6 heteroatoms. The topological polar surface area (TPSA) is 42.1 Å². The molecule has 0 amide bonds. The standard InChI is InChI=1S/C20H32N6/c1-16-5-9-24(10-6-16)13-18-7-11-26-19(4-8-21-26)14-25(18)15-20-12-17(2)22-23(20)3/h4,8,12,16,18H,5-7,9-11,13-15H2,1-3H3/t18-/m1/s1. The molecule has 4 rings (SSSR count). The number of fused-ring (bicyclic) bond motifs is 1. The number of hydrogen-bond acceptors (Lipinski definition) is 4. The molecule has 1 fully saturated rings. The maximum absolute atomic E-state index is 4.55. The third-order valence-corrected chi connectivity index (χ3v) is 6.17. The molecule has 1 atom stereocenters. The molecule has 4 heterocycles. The first-order valence-electron chi connectivity index (χ1n) is 10.0. The number of rotatable bonds is 4. The van der Waals surface area contributed by atoms with Crippen molar-refractivity contribution in [3.8, 4) is 0 Å². The van der Waals surface area contributed by atoms with Crippen LogP contribution in [0.15, 0.2) is 18.3 Å². The molecular formula is C20H32N6. The largest absolute Gasteiger partial charge is 0.302 e. The predicted octanol–water partition coefficient (Wildman–Crippen LogP) is 2.43. The Bertz CT molecular complexity index is 724. The van der Waals surface area contributed by atoms with Gasteiger partial charge in [-0.05, 0) is 57.3 Å². The van der Waals surface area contributed by atoms with Crippen molar-refractivity contribution in [3.63, 3.8) is 0 Å². The van der Waals surface area contributed by atoms with Crippen molar-refractivity contribution < 1.29 is 0 Å². The lowest BCUT2D eigenvalue weighted by atomic mass is 9.98. The SMILES string of the molecule is Cc1cc(CN2Cc3ccnn3CC[C@@H]2CN2CCC(C)CC2)n(C)n1. The molecule has 26 heavy (non-hydrogen) atoms. The Labute approximate surface area is 156 Å². The lowest BCUT2D eigenvalue weighted by molar-refractivity contribution is 0.0997. The zero-order valence-corrected chi connectivity index (χ0v) is 16.4. The van der Waals surface area contributed by atoms with Crippen LogP contribution < -0.4 is 0 Å². The zero-order chi connectivity index (χ0) is 18.1. The van der Waals surface area contributed by atoms with E-state index in [9.17, 15) is 0 Å². The molecule has 0 aliphatic carbocycles. The number of aromatic nitrogens is 4. The Morgan fingerprint density at radius 3 is 2.69 bits per heavy atom. The lowest BCUT2D eigenvalue weighted by Gasteiger charge is -2.37. The third-order valence-electron chi connectivity index (χ3n) is 6.17. The fourth-order valence-corrected chi connectivity index (χ4v) is 4.44. The molecular weight excluding hydrogens is 324 g/mol. The fourth-order valence-electron chi connectivity index (χ4n) is 4.44. The van der Waals surface area contributed by atoms with Crippen LogP contribution in [0.3, 0.4) is 0 Å². The number of hydrogen-bond donors (Lipinski definition) is 0. The molecule has 1 saturated heterocycles. The van der Waals surface area contributed by atoms with Crippen molar-refractivity contribution in [2.75, 3.05) is 19.6 Å². The highest BCUT2D eigenvalue weighted by molar-refractivity contribution is 5.10. The van der Waals surface area contributed by atoms with Gasteiger partial charge in [0.2, 0.25) is 0 Å². The van der Waals surface area contributed by atoms with E-state index in [1.54, 1.807) is 0 Å². The first-order valence-corrected chi connectivity index (χ1v) is 10.0. The quantitative estimate of drug-likeness (QED) is 0.844. The van der Waals surface area contributed by atoms with Gasteiger partial charge in [0.25, 0.3) is 0 Å². The molecule has 2 aliphatic heterocycles. The summed E-state index contributed by atoms with van der Waals surface area (Å²) in [5.74, 6) is 0.888. The zero-order valence-electron chi connectivity index (χ0n) is 16.4. The molecule has 0 bridgehead atoms. The molecule has 0 N–H and O–H groups in total. The van der Waals surface area contributed by atoms with Crippen molar-refractivity contribution in [1.29, 1.82) is 0 Å². The Morgan fingerprint density at radius 2 is 1.96 bits per heavy atom. The fraction of sp³-hybridized carbons (Fsp3) is 0.700. The van der Waals surface area contributed by atoms with Crippen LogP contribution in [0, 0.1) is 12.8 Å². The van der Waals surface area contributed by atoms with E-state index in [2.05, 4.69) is 57.7 Å². The minimum Gasteiger partial charge on any atom is -0.302 e.